The molecule has 0 unspecified atom stereocenters. The molecule has 2 heterocycles. The molecule has 0 bridgehead atoms. The van der Waals surface area contributed by atoms with Crippen molar-refractivity contribution in [1.82, 2.24) is 30.6 Å². The lowest BCUT2D eigenvalue weighted by Crippen LogP contribution is -2.41. The highest BCUT2D eigenvalue weighted by molar-refractivity contribution is 5.97. The number of anilines is 3. The molecular weight excluding hydrogens is 442 g/mol. The summed E-state index contributed by atoms with van der Waals surface area (Å²) in [5.41, 5.74) is 13.8. The maximum atomic E-state index is 12.5. The Bertz CT molecular complexity index is 1220. The molecule has 3 aromatic rings. The van der Waals surface area contributed by atoms with Gasteiger partial charge < -0.3 is 32.1 Å². The van der Waals surface area contributed by atoms with Crippen molar-refractivity contribution in [2.24, 2.45) is 0 Å². The van der Waals surface area contributed by atoms with Crippen LogP contribution in [0.1, 0.15) is 28.9 Å². The number of hydrogen-bond donors (Lipinski definition) is 5. The highest BCUT2D eigenvalue weighted by atomic mass is 16.4. The zero-order chi connectivity index (χ0) is 24.8. The van der Waals surface area contributed by atoms with Gasteiger partial charge >= 0.3 is 5.97 Å². The molecule has 178 valence electrons. The lowest BCUT2D eigenvalue weighted by atomic mass is 10.1. The van der Waals surface area contributed by atoms with Crippen LogP contribution < -0.4 is 27.0 Å². The standard InChI is InChI=1S/C21H25N9O4/c1-24-15(31)8-7-14(20(33)34)27-19(32)11-3-5-13(6-4-11)30(2)10-12-9-25-18-16(26-12)17(22)28-21(23)29-18/h3-6,9,14H,7-8,10H2,1-2H3,(H,24,31)(H,27,32)(H,33,34)(H4,22,23,25,28,29)/t14-/m0/s1. The number of carboxylic acids is 1. The van der Waals surface area contributed by atoms with E-state index in [0.29, 0.717) is 23.4 Å². The van der Waals surface area contributed by atoms with E-state index in [0.717, 1.165) is 5.69 Å². The SMILES string of the molecule is CNC(=O)CC[C@H](NC(=O)c1ccc(N(C)Cc2cnc3nc(N)nc(N)c3n2)cc1)C(=O)O. The highest BCUT2D eigenvalue weighted by Gasteiger charge is 2.21. The maximum absolute atomic E-state index is 12.5. The monoisotopic (exact) mass is 467 g/mol. The fourth-order valence-electron chi connectivity index (χ4n) is 3.16. The number of carbonyl (C=O) groups excluding carboxylic acids is 2. The second kappa shape index (κ2) is 10.4. The fraction of sp³-hybridized carbons (Fsp3) is 0.286. The first-order chi connectivity index (χ1) is 16.2. The molecule has 0 radical (unpaired) electrons. The molecule has 0 fully saturated rings. The molecule has 1 atom stereocenters. The van der Waals surface area contributed by atoms with Crippen LogP contribution in [0.25, 0.3) is 11.2 Å². The molecule has 13 nitrogen and oxygen atoms in total. The Morgan fingerprint density at radius 2 is 1.82 bits per heavy atom. The Kier molecular flexibility index (Phi) is 7.36. The number of amides is 2. The fourth-order valence-corrected chi connectivity index (χ4v) is 3.16. The summed E-state index contributed by atoms with van der Waals surface area (Å²) in [6.07, 6.45) is 1.54. The second-order valence-electron chi connectivity index (χ2n) is 7.48. The second-order valence-corrected chi connectivity index (χ2v) is 7.48. The van der Waals surface area contributed by atoms with E-state index in [2.05, 4.69) is 30.6 Å². The number of nitrogen functional groups attached to an aromatic ring is 2. The number of rotatable bonds is 9. The molecule has 3 rings (SSSR count). The molecule has 0 spiro atoms. The largest absolute Gasteiger partial charge is 0.480 e. The summed E-state index contributed by atoms with van der Waals surface area (Å²) in [6, 6.07) is 5.44. The quantitative estimate of drug-likeness (QED) is 0.282. The number of fused-ring (bicyclic) bond motifs is 1. The van der Waals surface area contributed by atoms with Crippen LogP contribution in [0.4, 0.5) is 17.5 Å². The number of aromatic nitrogens is 4. The Morgan fingerprint density at radius 1 is 1.12 bits per heavy atom. The van der Waals surface area contributed by atoms with E-state index in [1.54, 1.807) is 30.5 Å². The normalized spacial score (nSPS) is 11.6. The van der Waals surface area contributed by atoms with E-state index >= 15 is 0 Å². The summed E-state index contributed by atoms with van der Waals surface area (Å²) in [6.45, 7) is 0.388. The van der Waals surface area contributed by atoms with Crippen molar-refractivity contribution in [2.45, 2.75) is 25.4 Å². The van der Waals surface area contributed by atoms with Crippen molar-refractivity contribution in [3.05, 3.63) is 41.7 Å². The van der Waals surface area contributed by atoms with Crippen LogP contribution in [-0.4, -0.2) is 63.0 Å². The van der Waals surface area contributed by atoms with Gasteiger partial charge in [-0.2, -0.15) is 9.97 Å². The molecule has 34 heavy (non-hydrogen) atoms. The number of nitrogens with two attached hydrogens (primary N) is 2. The van der Waals surface area contributed by atoms with Gasteiger partial charge in [-0.1, -0.05) is 0 Å². The number of aliphatic carboxylic acids is 1. The molecular formula is C21H25N9O4. The maximum Gasteiger partial charge on any atom is 0.326 e. The third-order valence-electron chi connectivity index (χ3n) is 5.01. The van der Waals surface area contributed by atoms with E-state index in [1.165, 1.54) is 7.05 Å². The van der Waals surface area contributed by atoms with Gasteiger partial charge in [0.15, 0.2) is 17.0 Å². The topological polar surface area (TPSA) is 202 Å². The predicted octanol–water partition coefficient (Wildman–Crippen LogP) is -0.0702. The molecule has 0 aliphatic carbocycles. The van der Waals surface area contributed by atoms with Crippen molar-refractivity contribution in [1.29, 1.82) is 0 Å². The predicted molar refractivity (Wildman–Crippen MR) is 125 cm³/mol. The van der Waals surface area contributed by atoms with Crippen molar-refractivity contribution >= 4 is 46.4 Å². The summed E-state index contributed by atoms with van der Waals surface area (Å²) < 4.78 is 0. The van der Waals surface area contributed by atoms with Gasteiger partial charge in [0.2, 0.25) is 11.9 Å². The van der Waals surface area contributed by atoms with Gasteiger partial charge in [0.05, 0.1) is 18.4 Å². The first-order valence-corrected chi connectivity index (χ1v) is 10.3. The minimum Gasteiger partial charge on any atom is -0.480 e. The van der Waals surface area contributed by atoms with Crippen LogP contribution in [0.2, 0.25) is 0 Å². The Morgan fingerprint density at radius 3 is 2.47 bits per heavy atom. The molecule has 0 aliphatic heterocycles. The summed E-state index contributed by atoms with van der Waals surface area (Å²) in [7, 11) is 3.30. The smallest absolute Gasteiger partial charge is 0.326 e. The number of carbonyl (C=O) groups is 3. The van der Waals surface area contributed by atoms with Gasteiger partial charge in [-0.05, 0) is 30.7 Å². The number of carboxylic acid groups (broad SMARTS) is 1. The van der Waals surface area contributed by atoms with Gasteiger partial charge in [-0.25, -0.2) is 14.8 Å². The molecule has 0 aliphatic rings. The third kappa shape index (κ3) is 5.82. The molecule has 2 amide bonds. The lowest BCUT2D eigenvalue weighted by molar-refractivity contribution is -0.139. The van der Waals surface area contributed by atoms with E-state index in [1.807, 2.05) is 11.9 Å². The molecule has 2 aromatic heterocycles. The third-order valence-corrected chi connectivity index (χ3v) is 5.01. The first-order valence-electron chi connectivity index (χ1n) is 10.3. The summed E-state index contributed by atoms with van der Waals surface area (Å²) in [5.74, 6) is -1.89. The van der Waals surface area contributed by atoms with Crippen LogP contribution in [-0.2, 0) is 16.1 Å². The number of nitrogens with one attached hydrogen (secondary N) is 2. The van der Waals surface area contributed by atoms with E-state index < -0.39 is 17.9 Å². The number of hydrogen-bond acceptors (Lipinski definition) is 10. The Hall–Kier alpha value is -4.55. The molecule has 1 aromatic carbocycles. The van der Waals surface area contributed by atoms with Crippen molar-refractivity contribution in [3.63, 3.8) is 0 Å². The Balaban J connectivity index is 1.66. The van der Waals surface area contributed by atoms with Crippen LogP contribution in [0.15, 0.2) is 30.5 Å². The number of benzene rings is 1. The van der Waals surface area contributed by atoms with Crippen molar-refractivity contribution in [3.8, 4) is 0 Å². The molecule has 7 N–H and O–H groups in total. The van der Waals surface area contributed by atoms with Gasteiger partial charge in [0, 0.05) is 31.8 Å². The van der Waals surface area contributed by atoms with Gasteiger partial charge in [0.25, 0.3) is 5.91 Å². The van der Waals surface area contributed by atoms with Crippen LogP contribution in [0, 0.1) is 0 Å². The van der Waals surface area contributed by atoms with Crippen LogP contribution >= 0.6 is 0 Å². The zero-order valence-corrected chi connectivity index (χ0v) is 18.6. The summed E-state index contributed by atoms with van der Waals surface area (Å²) in [4.78, 5) is 53.7. The lowest BCUT2D eigenvalue weighted by Gasteiger charge is -2.19. The van der Waals surface area contributed by atoms with E-state index in [4.69, 9.17) is 11.5 Å². The van der Waals surface area contributed by atoms with E-state index in [-0.39, 0.29) is 36.1 Å². The van der Waals surface area contributed by atoms with Crippen LogP contribution in [0.5, 0.6) is 0 Å². The van der Waals surface area contributed by atoms with Gasteiger partial charge in [-0.15, -0.1) is 0 Å². The molecule has 0 saturated carbocycles. The van der Waals surface area contributed by atoms with Crippen LogP contribution in [0.3, 0.4) is 0 Å². The minimum atomic E-state index is -1.21. The van der Waals surface area contributed by atoms with Gasteiger partial charge in [-0.3, -0.25) is 9.59 Å². The number of nitrogens with zero attached hydrogens (tertiary/aromatic N) is 5. The zero-order valence-electron chi connectivity index (χ0n) is 18.6. The van der Waals surface area contributed by atoms with Gasteiger partial charge in [0.1, 0.15) is 6.04 Å². The average molecular weight is 467 g/mol. The van der Waals surface area contributed by atoms with Crippen molar-refractivity contribution in [2.75, 3.05) is 30.5 Å². The van der Waals surface area contributed by atoms with E-state index in [9.17, 15) is 19.5 Å². The minimum absolute atomic E-state index is 0.0136. The summed E-state index contributed by atoms with van der Waals surface area (Å²) >= 11 is 0. The highest BCUT2D eigenvalue weighted by Crippen LogP contribution is 2.19. The van der Waals surface area contributed by atoms with Crippen molar-refractivity contribution < 1.29 is 19.5 Å². The first kappa shape index (κ1) is 24.1. The molecule has 13 heteroatoms. The molecule has 0 saturated heterocycles. The Labute approximate surface area is 194 Å². The average Bonchev–Trinajstić information content (AvgIpc) is 2.81. The summed E-state index contributed by atoms with van der Waals surface area (Å²) in [5, 5.41) is 14.2.